The monoisotopic (exact) mass is 219 g/mol. The van der Waals surface area contributed by atoms with Crippen LogP contribution in [0.5, 0.6) is 0 Å². The highest BCUT2D eigenvalue weighted by Crippen LogP contribution is 2.31. The Kier molecular flexibility index (Phi) is 3.25. The summed E-state index contributed by atoms with van der Waals surface area (Å²) in [6.07, 6.45) is 4.49. The summed E-state index contributed by atoms with van der Waals surface area (Å²) in [5, 5.41) is 22.9. The maximum Gasteiger partial charge on any atom is 0.118 e. The van der Waals surface area contributed by atoms with E-state index in [0.717, 1.165) is 24.8 Å². The van der Waals surface area contributed by atoms with Gasteiger partial charge < -0.3 is 10.3 Å². The smallest absolute Gasteiger partial charge is 0.118 e. The Morgan fingerprint density at radius 1 is 1.06 bits per heavy atom. The molecule has 86 valence electrons. The Morgan fingerprint density at radius 3 is 2.25 bits per heavy atom. The first-order valence-corrected chi connectivity index (χ1v) is 5.77. The molecule has 0 amide bonds. The Hall–Kier alpha value is -1.35. The van der Waals surface area contributed by atoms with Crippen molar-refractivity contribution < 1.29 is 10.3 Å². The lowest BCUT2D eigenvalue weighted by Crippen LogP contribution is -2.41. The molecule has 1 aliphatic carbocycles. The summed E-state index contributed by atoms with van der Waals surface area (Å²) in [4.78, 5) is 0. The van der Waals surface area contributed by atoms with Gasteiger partial charge in [0.1, 0.15) is 11.3 Å². The molecule has 1 fully saturated rings. The van der Waals surface area contributed by atoms with Gasteiger partial charge in [-0.15, -0.1) is 0 Å². The van der Waals surface area contributed by atoms with Crippen LogP contribution in [0.1, 0.15) is 37.7 Å². The first kappa shape index (κ1) is 11.1. The number of oxime groups is 1. The molecule has 1 saturated carbocycles. The molecule has 0 atom stereocenters. The van der Waals surface area contributed by atoms with E-state index >= 15 is 0 Å². The van der Waals surface area contributed by atoms with Gasteiger partial charge in [0.2, 0.25) is 0 Å². The van der Waals surface area contributed by atoms with E-state index in [1.54, 1.807) is 0 Å². The normalized spacial score (nSPS) is 20.7. The number of hydrogen-bond donors (Lipinski definition) is 2. The summed E-state index contributed by atoms with van der Waals surface area (Å²) in [7, 11) is 0. The van der Waals surface area contributed by atoms with E-state index in [9.17, 15) is 5.11 Å². The second-order valence-electron chi connectivity index (χ2n) is 4.41. The molecule has 1 aromatic rings. The number of hydrogen-bond acceptors (Lipinski definition) is 3. The summed E-state index contributed by atoms with van der Waals surface area (Å²) in [6.45, 7) is 0. The van der Waals surface area contributed by atoms with Crippen molar-refractivity contribution in [2.45, 2.75) is 37.7 Å². The van der Waals surface area contributed by atoms with E-state index in [2.05, 4.69) is 5.16 Å². The SMILES string of the molecule is ON=C(c1ccccc1)C1(O)CCCCC1. The summed E-state index contributed by atoms with van der Waals surface area (Å²) >= 11 is 0. The van der Waals surface area contributed by atoms with E-state index in [-0.39, 0.29) is 0 Å². The third-order valence-corrected chi connectivity index (χ3v) is 3.27. The van der Waals surface area contributed by atoms with Crippen LogP contribution in [-0.4, -0.2) is 21.6 Å². The van der Waals surface area contributed by atoms with Gasteiger partial charge in [-0.25, -0.2) is 0 Å². The zero-order valence-electron chi connectivity index (χ0n) is 9.26. The highest BCUT2D eigenvalue weighted by molar-refractivity contribution is 6.06. The molecule has 1 aromatic carbocycles. The average molecular weight is 219 g/mol. The van der Waals surface area contributed by atoms with Crippen LogP contribution in [-0.2, 0) is 0 Å². The number of aliphatic hydroxyl groups is 1. The van der Waals surface area contributed by atoms with Crippen LogP contribution in [0.3, 0.4) is 0 Å². The van der Waals surface area contributed by atoms with Crippen molar-refractivity contribution in [3.05, 3.63) is 35.9 Å². The van der Waals surface area contributed by atoms with Gasteiger partial charge in [0.15, 0.2) is 0 Å². The van der Waals surface area contributed by atoms with Gasteiger partial charge in [-0.1, -0.05) is 54.8 Å². The van der Waals surface area contributed by atoms with E-state index in [0.29, 0.717) is 18.6 Å². The third kappa shape index (κ3) is 2.09. The van der Waals surface area contributed by atoms with Crippen LogP contribution < -0.4 is 0 Å². The number of nitrogens with zero attached hydrogens (tertiary/aromatic N) is 1. The van der Waals surface area contributed by atoms with Crippen molar-refractivity contribution in [2.24, 2.45) is 5.16 Å². The van der Waals surface area contributed by atoms with Gasteiger partial charge in [0, 0.05) is 5.56 Å². The van der Waals surface area contributed by atoms with Gasteiger partial charge in [-0.3, -0.25) is 0 Å². The molecule has 0 heterocycles. The molecule has 0 aromatic heterocycles. The summed E-state index contributed by atoms with van der Waals surface area (Å²) in [5.41, 5.74) is 0.260. The van der Waals surface area contributed by atoms with Crippen molar-refractivity contribution >= 4 is 5.71 Å². The maximum atomic E-state index is 10.5. The highest BCUT2D eigenvalue weighted by atomic mass is 16.4. The summed E-state index contributed by atoms with van der Waals surface area (Å²) in [5.74, 6) is 0. The van der Waals surface area contributed by atoms with E-state index < -0.39 is 5.60 Å². The third-order valence-electron chi connectivity index (χ3n) is 3.27. The predicted molar refractivity (Wildman–Crippen MR) is 62.8 cm³/mol. The molecular weight excluding hydrogens is 202 g/mol. The number of rotatable bonds is 2. The molecule has 3 heteroatoms. The molecule has 0 spiro atoms. The van der Waals surface area contributed by atoms with Crippen molar-refractivity contribution in [3.8, 4) is 0 Å². The van der Waals surface area contributed by atoms with Crippen LogP contribution in [0.2, 0.25) is 0 Å². The standard InChI is InChI=1S/C13H17NO2/c15-13(9-5-2-6-10-13)12(14-16)11-7-3-1-4-8-11/h1,3-4,7-8,15-16H,2,5-6,9-10H2. The first-order chi connectivity index (χ1) is 7.76. The van der Waals surface area contributed by atoms with Gasteiger partial charge in [0.05, 0.1) is 0 Å². The van der Waals surface area contributed by atoms with E-state index in [4.69, 9.17) is 5.21 Å². The molecule has 0 saturated heterocycles. The van der Waals surface area contributed by atoms with Crippen LogP contribution >= 0.6 is 0 Å². The Bertz CT molecular complexity index is 367. The Balaban J connectivity index is 2.29. The first-order valence-electron chi connectivity index (χ1n) is 5.77. The minimum atomic E-state index is -0.950. The zero-order chi connectivity index (χ0) is 11.4. The molecule has 2 N–H and O–H groups in total. The largest absolute Gasteiger partial charge is 0.411 e. The molecular formula is C13H17NO2. The molecule has 3 nitrogen and oxygen atoms in total. The Morgan fingerprint density at radius 2 is 1.69 bits per heavy atom. The average Bonchev–Trinajstić information content (AvgIpc) is 2.32. The second kappa shape index (κ2) is 4.66. The number of benzene rings is 1. The Labute approximate surface area is 95.4 Å². The predicted octanol–water partition coefficient (Wildman–Crippen LogP) is 2.56. The van der Waals surface area contributed by atoms with E-state index in [1.165, 1.54) is 0 Å². The molecule has 0 bridgehead atoms. The van der Waals surface area contributed by atoms with Crippen molar-refractivity contribution in [1.29, 1.82) is 0 Å². The maximum absolute atomic E-state index is 10.5. The molecule has 0 unspecified atom stereocenters. The van der Waals surface area contributed by atoms with Crippen molar-refractivity contribution in [3.63, 3.8) is 0 Å². The van der Waals surface area contributed by atoms with Crippen LogP contribution in [0.4, 0.5) is 0 Å². The van der Waals surface area contributed by atoms with E-state index in [1.807, 2.05) is 30.3 Å². The summed E-state index contributed by atoms with van der Waals surface area (Å²) in [6, 6.07) is 9.39. The van der Waals surface area contributed by atoms with Gasteiger partial charge in [-0.2, -0.15) is 0 Å². The van der Waals surface area contributed by atoms with Gasteiger partial charge in [-0.05, 0) is 12.8 Å². The lowest BCUT2D eigenvalue weighted by atomic mass is 9.79. The highest BCUT2D eigenvalue weighted by Gasteiger charge is 2.36. The zero-order valence-corrected chi connectivity index (χ0v) is 9.26. The van der Waals surface area contributed by atoms with Crippen molar-refractivity contribution in [1.82, 2.24) is 0 Å². The van der Waals surface area contributed by atoms with Crippen molar-refractivity contribution in [2.75, 3.05) is 0 Å². The van der Waals surface area contributed by atoms with Crippen LogP contribution in [0.25, 0.3) is 0 Å². The summed E-state index contributed by atoms with van der Waals surface area (Å²) < 4.78 is 0. The van der Waals surface area contributed by atoms with Crippen LogP contribution in [0, 0.1) is 0 Å². The van der Waals surface area contributed by atoms with Crippen LogP contribution in [0.15, 0.2) is 35.5 Å². The fourth-order valence-corrected chi connectivity index (χ4v) is 2.39. The van der Waals surface area contributed by atoms with Gasteiger partial charge >= 0.3 is 0 Å². The molecule has 2 rings (SSSR count). The van der Waals surface area contributed by atoms with Gasteiger partial charge in [0.25, 0.3) is 0 Å². The lowest BCUT2D eigenvalue weighted by molar-refractivity contribution is 0.0680. The minimum absolute atomic E-state index is 0.410. The molecule has 0 aliphatic heterocycles. The minimum Gasteiger partial charge on any atom is -0.411 e. The molecule has 0 radical (unpaired) electrons. The fourth-order valence-electron chi connectivity index (χ4n) is 2.39. The molecule has 1 aliphatic rings. The topological polar surface area (TPSA) is 52.8 Å². The molecule has 16 heavy (non-hydrogen) atoms. The lowest BCUT2D eigenvalue weighted by Gasteiger charge is -2.32. The fraction of sp³-hybridized carbons (Fsp3) is 0.462. The second-order valence-corrected chi connectivity index (χ2v) is 4.41. The quantitative estimate of drug-likeness (QED) is 0.456.